The number of hydrogen-bond donors (Lipinski definition) is 5. The molecule has 1 aromatic carbocycles. The summed E-state index contributed by atoms with van der Waals surface area (Å²) in [6.07, 6.45) is 3.71. The number of aromatic amines is 1. The lowest BCUT2D eigenvalue weighted by Gasteiger charge is -2.38. The Labute approximate surface area is 286 Å². The van der Waals surface area contributed by atoms with E-state index in [1.165, 1.54) is 11.1 Å². The van der Waals surface area contributed by atoms with Crippen LogP contribution in [-0.4, -0.2) is 113 Å². The molecule has 1 unspecified atom stereocenters. The van der Waals surface area contributed by atoms with Crippen molar-refractivity contribution in [2.45, 2.75) is 57.6 Å². The van der Waals surface area contributed by atoms with Gasteiger partial charge in [0.1, 0.15) is 16.9 Å². The first kappa shape index (κ1) is 36.7. The highest BCUT2D eigenvalue weighted by Crippen LogP contribution is 2.38. The van der Waals surface area contributed by atoms with Crippen LogP contribution in [0.15, 0.2) is 12.3 Å². The number of hydrogen-bond acceptors (Lipinski definition) is 11. The summed E-state index contributed by atoms with van der Waals surface area (Å²) < 4.78 is 48.7. The Bertz CT molecular complexity index is 1720. The normalized spacial score (nSPS) is 19.4. The minimum absolute atomic E-state index is 0.122. The molecule has 18 heteroatoms. The van der Waals surface area contributed by atoms with Gasteiger partial charge in [0, 0.05) is 39.6 Å². The molecule has 50 heavy (non-hydrogen) atoms. The second-order valence-electron chi connectivity index (χ2n) is 13.0. The third-order valence-corrected chi connectivity index (χ3v) is 8.61. The molecular formula is C32H42F3N9O6. The summed E-state index contributed by atoms with van der Waals surface area (Å²) in [5, 5.41) is 15.2. The number of ether oxygens (including phenoxy) is 2. The van der Waals surface area contributed by atoms with Crippen LogP contribution in [0.4, 0.5) is 29.6 Å². The fourth-order valence-electron chi connectivity index (χ4n) is 6.50. The number of nitrogens with zero attached hydrogens (tertiary/aromatic N) is 5. The second kappa shape index (κ2) is 15.1. The van der Waals surface area contributed by atoms with E-state index in [0.29, 0.717) is 48.5 Å². The number of anilines is 2. The maximum atomic E-state index is 15.5. The van der Waals surface area contributed by atoms with Gasteiger partial charge in [-0.3, -0.25) is 14.5 Å². The SMILES string of the molecule is CC(C)(F)F.CNCC(=O)NCc1nc2c(F)c3c(cc2[nH]1)CC(CN1CCC2(CC1)CN(c1cnc4c(n1)NC(=O)CO4)C(=O)O2)C3.CO. The van der Waals surface area contributed by atoms with Gasteiger partial charge < -0.3 is 40.4 Å². The Morgan fingerprint density at radius 1 is 1.18 bits per heavy atom. The number of H-pyrrole nitrogens is 1. The zero-order valence-corrected chi connectivity index (χ0v) is 28.4. The lowest BCUT2D eigenvalue weighted by Crippen LogP contribution is -2.48. The largest absolute Gasteiger partial charge is 0.465 e. The topological polar surface area (TPSA) is 187 Å². The highest BCUT2D eigenvalue weighted by Gasteiger charge is 2.48. The number of piperidine rings is 1. The molecule has 3 amide bonds. The Hall–Kier alpha value is -4.55. The zero-order valence-electron chi connectivity index (χ0n) is 28.4. The number of fused-ring (bicyclic) bond motifs is 3. The summed E-state index contributed by atoms with van der Waals surface area (Å²) in [5.41, 5.74) is 2.04. The van der Waals surface area contributed by atoms with E-state index in [-0.39, 0.29) is 54.9 Å². The monoisotopic (exact) mass is 705 g/mol. The van der Waals surface area contributed by atoms with Gasteiger partial charge in [-0.1, -0.05) is 0 Å². The fourth-order valence-corrected chi connectivity index (χ4v) is 6.50. The highest BCUT2D eigenvalue weighted by molar-refractivity contribution is 5.95. The molecule has 7 rings (SSSR count). The number of carbonyl (C=O) groups excluding carboxylic acids is 3. The summed E-state index contributed by atoms with van der Waals surface area (Å²) in [6.45, 7) is 4.67. The molecule has 5 heterocycles. The number of nitrogens with one attached hydrogen (secondary N) is 4. The number of likely N-dealkylation sites (tertiary alicyclic amines) is 1. The minimum Gasteiger partial charge on any atom is -0.465 e. The summed E-state index contributed by atoms with van der Waals surface area (Å²) in [4.78, 5) is 56.2. The van der Waals surface area contributed by atoms with Crippen LogP contribution < -0.4 is 25.6 Å². The molecule has 0 radical (unpaired) electrons. The van der Waals surface area contributed by atoms with E-state index < -0.39 is 17.6 Å². The van der Waals surface area contributed by atoms with E-state index in [0.717, 1.165) is 58.1 Å². The molecule has 272 valence electrons. The third kappa shape index (κ3) is 8.59. The molecule has 5 N–H and O–H groups in total. The van der Waals surface area contributed by atoms with E-state index in [9.17, 15) is 23.2 Å². The van der Waals surface area contributed by atoms with Gasteiger partial charge >= 0.3 is 6.09 Å². The van der Waals surface area contributed by atoms with Crippen molar-refractivity contribution in [3.8, 4) is 5.88 Å². The van der Waals surface area contributed by atoms with Crippen LogP contribution in [0.5, 0.6) is 5.88 Å². The van der Waals surface area contributed by atoms with Crippen molar-refractivity contribution in [2.75, 3.05) is 63.7 Å². The van der Waals surface area contributed by atoms with Crippen molar-refractivity contribution >= 4 is 40.6 Å². The molecule has 1 aliphatic carbocycles. The maximum absolute atomic E-state index is 15.5. The first-order valence-corrected chi connectivity index (χ1v) is 16.2. The number of imidazole rings is 1. The standard InChI is InChI=1S/C28H32FN9O5.C3H6F2.CH4O/c1-30-11-21(39)31-9-19-33-18-8-16-6-15(7-17(16)23(29)24(18)34-19)12-37-4-2-28(3-5-37)14-38(27(41)43-28)20-10-32-26-25(35-20)36-22(40)13-42-26;1-3(2,4)5;1-2/h8,10,15,30H,2-7,9,11-14H2,1H3,(H,31,39)(H,33,34)(H,35,36,40);1-2H3;2H,1H3. The third-order valence-electron chi connectivity index (χ3n) is 8.61. The van der Waals surface area contributed by atoms with Crippen molar-refractivity contribution in [1.29, 1.82) is 0 Å². The van der Waals surface area contributed by atoms with Crippen LogP contribution >= 0.6 is 0 Å². The summed E-state index contributed by atoms with van der Waals surface area (Å²) >= 11 is 0. The van der Waals surface area contributed by atoms with Crippen molar-refractivity contribution in [2.24, 2.45) is 5.92 Å². The van der Waals surface area contributed by atoms with E-state index >= 15 is 4.39 Å². The van der Waals surface area contributed by atoms with Crippen molar-refractivity contribution in [3.05, 3.63) is 35.0 Å². The van der Waals surface area contributed by atoms with Crippen molar-refractivity contribution < 1.29 is 42.1 Å². The van der Waals surface area contributed by atoms with Gasteiger partial charge in [-0.2, -0.15) is 0 Å². The number of alkyl halides is 2. The molecule has 2 aromatic heterocycles. The van der Waals surface area contributed by atoms with Crippen molar-refractivity contribution in [1.82, 2.24) is 35.5 Å². The van der Waals surface area contributed by atoms with Gasteiger partial charge in [-0.25, -0.2) is 32.9 Å². The molecule has 15 nitrogen and oxygen atoms in total. The molecule has 4 aliphatic rings. The van der Waals surface area contributed by atoms with Crippen LogP contribution in [0.2, 0.25) is 0 Å². The van der Waals surface area contributed by atoms with Gasteiger partial charge in [0.25, 0.3) is 11.8 Å². The lowest BCUT2D eigenvalue weighted by molar-refractivity contribution is -0.120. The maximum Gasteiger partial charge on any atom is 0.416 e. The number of benzene rings is 1. The summed E-state index contributed by atoms with van der Waals surface area (Å²) in [6, 6.07) is 1.98. The van der Waals surface area contributed by atoms with Gasteiger partial charge in [0.15, 0.2) is 24.1 Å². The van der Waals surface area contributed by atoms with Crippen LogP contribution in [0.25, 0.3) is 11.0 Å². The summed E-state index contributed by atoms with van der Waals surface area (Å²) in [7, 11) is 2.69. The Balaban J connectivity index is 0.000000640. The smallest absolute Gasteiger partial charge is 0.416 e. The number of carbonyl (C=O) groups is 3. The van der Waals surface area contributed by atoms with Gasteiger partial charge in [0.05, 0.1) is 31.3 Å². The molecule has 3 aromatic rings. The van der Waals surface area contributed by atoms with Gasteiger partial charge in [-0.05, 0) is 56.8 Å². The molecule has 0 bridgehead atoms. The van der Waals surface area contributed by atoms with E-state index in [4.69, 9.17) is 14.6 Å². The molecule has 1 spiro atoms. The molecule has 2 fully saturated rings. The Morgan fingerprint density at radius 3 is 2.60 bits per heavy atom. The fraction of sp³-hybridized carbons (Fsp3) is 0.562. The molecule has 0 saturated carbocycles. The number of halogens is 3. The Morgan fingerprint density at radius 2 is 1.90 bits per heavy atom. The highest BCUT2D eigenvalue weighted by atomic mass is 19.3. The lowest BCUT2D eigenvalue weighted by atomic mass is 9.90. The van der Waals surface area contributed by atoms with Gasteiger partial charge in [0.2, 0.25) is 11.8 Å². The van der Waals surface area contributed by atoms with E-state index in [1.54, 1.807) is 7.05 Å². The first-order valence-electron chi connectivity index (χ1n) is 16.2. The quantitative estimate of drug-likeness (QED) is 0.243. The number of amides is 3. The number of aliphatic hydroxyl groups is 1. The van der Waals surface area contributed by atoms with Crippen LogP contribution in [0, 0.1) is 11.7 Å². The molecule has 2 saturated heterocycles. The van der Waals surface area contributed by atoms with E-state index in [1.807, 2.05) is 6.07 Å². The van der Waals surface area contributed by atoms with Gasteiger partial charge in [-0.15, -0.1) is 0 Å². The average molecular weight is 706 g/mol. The second-order valence-corrected chi connectivity index (χ2v) is 13.0. The first-order chi connectivity index (χ1) is 23.8. The van der Waals surface area contributed by atoms with Crippen molar-refractivity contribution in [3.63, 3.8) is 0 Å². The number of rotatable bonds is 7. The molecular weight excluding hydrogens is 663 g/mol. The number of aromatic nitrogens is 4. The molecule has 3 aliphatic heterocycles. The summed E-state index contributed by atoms with van der Waals surface area (Å²) in [5.74, 6) is -1.77. The van der Waals surface area contributed by atoms with E-state index in [2.05, 4.69) is 40.8 Å². The van der Waals surface area contributed by atoms with Crippen LogP contribution in [0.1, 0.15) is 43.6 Å². The van der Waals surface area contributed by atoms with Crippen LogP contribution in [0.3, 0.4) is 0 Å². The zero-order chi connectivity index (χ0) is 36.2. The Kier molecular flexibility index (Phi) is 11.1. The minimum atomic E-state index is -2.50. The van der Waals surface area contributed by atoms with Crippen LogP contribution in [-0.2, 0) is 33.7 Å². The molecule has 1 atom stereocenters. The predicted molar refractivity (Wildman–Crippen MR) is 176 cm³/mol. The number of aliphatic hydroxyl groups excluding tert-OH is 1. The predicted octanol–water partition coefficient (Wildman–Crippen LogP) is 2.13. The average Bonchev–Trinajstić information content (AvgIpc) is 3.76. The number of likely N-dealkylation sites (N-methyl/N-ethyl adjacent to an activating group) is 1.